The first-order valence-corrected chi connectivity index (χ1v) is 9.81. The summed E-state index contributed by atoms with van der Waals surface area (Å²) in [6.45, 7) is 2.93. The number of ether oxygens (including phenoxy) is 1. The van der Waals surface area contributed by atoms with E-state index in [1.165, 1.54) is 24.8 Å². The minimum absolute atomic E-state index is 0. The number of amides is 1. The van der Waals surface area contributed by atoms with Gasteiger partial charge in [-0.05, 0) is 30.5 Å². The summed E-state index contributed by atoms with van der Waals surface area (Å²) in [6.07, 6.45) is 6.56. The SMILES string of the molecule is Cl.O=C(CC1COCCN1)NCC1(c2cccc(Br)c2)CCCCC1. The molecule has 4 nitrogen and oxygen atoms in total. The predicted octanol–water partition coefficient (Wildman–Crippen LogP) is 3.57. The lowest BCUT2D eigenvalue weighted by molar-refractivity contribution is -0.122. The van der Waals surface area contributed by atoms with Crippen molar-refractivity contribution in [3.63, 3.8) is 0 Å². The summed E-state index contributed by atoms with van der Waals surface area (Å²) in [4.78, 5) is 12.4. The number of hydrogen-bond donors (Lipinski definition) is 2. The third kappa shape index (κ3) is 5.68. The molecule has 140 valence electrons. The molecule has 1 saturated carbocycles. The van der Waals surface area contributed by atoms with Gasteiger partial charge in [0.2, 0.25) is 5.91 Å². The zero-order valence-corrected chi connectivity index (χ0v) is 17.0. The fourth-order valence-corrected chi connectivity index (χ4v) is 4.33. The van der Waals surface area contributed by atoms with Crippen molar-refractivity contribution in [2.45, 2.75) is 50.0 Å². The van der Waals surface area contributed by atoms with Crippen molar-refractivity contribution in [1.29, 1.82) is 0 Å². The molecule has 1 heterocycles. The molecule has 2 fully saturated rings. The first-order chi connectivity index (χ1) is 11.7. The van der Waals surface area contributed by atoms with Crippen LogP contribution in [-0.2, 0) is 14.9 Å². The maximum atomic E-state index is 12.4. The average molecular weight is 432 g/mol. The molecule has 2 N–H and O–H groups in total. The van der Waals surface area contributed by atoms with Gasteiger partial charge in [-0.1, -0.05) is 47.3 Å². The highest BCUT2D eigenvalue weighted by Crippen LogP contribution is 2.39. The van der Waals surface area contributed by atoms with Crippen molar-refractivity contribution in [3.8, 4) is 0 Å². The molecule has 25 heavy (non-hydrogen) atoms. The van der Waals surface area contributed by atoms with Gasteiger partial charge in [0.25, 0.3) is 0 Å². The minimum atomic E-state index is 0. The standard InChI is InChI=1S/C19H27BrN2O2.ClH/c20-16-6-4-5-15(11-16)19(7-2-1-3-8-19)14-22-18(23)12-17-13-24-10-9-21-17;/h4-6,11,17,21H,1-3,7-10,12-14H2,(H,22,23);1H. The number of carbonyl (C=O) groups is 1. The topological polar surface area (TPSA) is 50.4 Å². The van der Waals surface area contributed by atoms with Gasteiger partial charge in [-0.15, -0.1) is 12.4 Å². The second-order valence-electron chi connectivity index (χ2n) is 7.06. The van der Waals surface area contributed by atoms with E-state index in [0.717, 1.165) is 37.0 Å². The summed E-state index contributed by atoms with van der Waals surface area (Å²) in [7, 11) is 0. The van der Waals surface area contributed by atoms with E-state index in [4.69, 9.17) is 4.74 Å². The number of hydrogen-bond acceptors (Lipinski definition) is 3. The van der Waals surface area contributed by atoms with Crippen LogP contribution in [0.3, 0.4) is 0 Å². The van der Waals surface area contributed by atoms with Crippen molar-refractivity contribution in [1.82, 2.24) is 10.6 Å². The molecule has 0 radical (unpaired) electrons. The van der Waals surface area contributed by atoms with Crippen LogP contribution in [0.5, 0.6) is 0 Å². The molecule has 0 spiro atoms. The van der Waals surface area contributed by atoms with Crippen LogP contribution >= 0.6 is 28.3 Å². The van der Waals surface area contributed by atoms with E-state index in [9.17, 15) is 4.79 Å². The highest BCUT2D eigenvalue weighted by Gasteiger charge is 2.34. The number of carbonyl (C=O) groups excluding carboxylic acids is 1. The Hall–Kier alpha value is -0.620. The third-order valence-electron chi connectivity index (χ3n) is 5.30. The molecule has 1 atom stereocenters. The van der Waals surface area contributed by atoms with Gasteiger partial charge in [-0.3, -0.25) is 4.79 Å². The molecule has 3 rings (SSSR count). The van der Waals surface area contributed by atoms with Gasteiger partial charge >= 0.3 is 0 Å². The van der Waals surface area contributed by atoms with Crippen molar-refractivity contribution in [2.75, 3.05) is 26.3 Å². The van der Waals surface area contributed by atoms with E-state index < -0.39 is 0 Å². The monoisotopic (exact) mass is 430 g/mol. The molecule has 1 aliphatic carbocycles. The van der Waals surface area contributed by atoms with Gasteiger partial charge < -0.3 is 15.4 Å². The summed E-state index contributed by atoms with van der Waals surface area (Å²) in [6, 6.07) is 8.73. The van der Waals surface area contributed by atoms with Crippen molar-refractivity contribution < 1.29 is 9.53 Å². The van der Waals surface area contributed by atoms with E-state index in [0.29, 0.717) is 13.0 Å². The predicted molar refractivity (Wildman–Crippen MR) is 106 cm³/mol. The highest BCUT2D eigenvalue weighted by molar-refractivity contribution is 9.10. The zero-order chi connectivity index (χ0) is 16.8. The lowest BCUT2D eigenvalue weighted by atomic mass is 9.69. The minimum Gasteiger partial charge on any atom is -0.378 e. The average Bonchev–Trinajstić information content (AvgIpc) is 2.62. The fourth-order valence-electron chi connectivity index (χ4n) is 3.93. The second-order valence-corrected chi connectivity index (χ2v) is 7.97. The molecule has 1 aliphatic heterocycles. The quantitative estimate of drug-likeness (QED) is 0.749. The third-order valence-corrected chi connectivity index (χ3v) is 5.80. The fraction of sp³-hybridized carbons (Fsp3) is 0.632. The number of rotatable bonds is 5. The summed E-state index contributed by atoms with van der Waals surface area (Å²) in [5, 5.41) is 6.55. The maximum absolute atomic E-state index is 12.4. The lowest BCUT2D eigenvalue weighted by Gasteiger charge is -2.38. The van der Waals surface area contributed by atoms with Crippen LogP contribution in [0, 0.1) is 0 Å². The molecule has 1 aromatic carbocycles. The van der Waals surface area contributed by atoms with E-state index in [2.05, 4.69) is 50.8 Å². The number of morpholine rings is 1. The Morgan fingerprint density at radius 1 is 1.32 bits per heavy atom. The summed E-state index contributed by atoms with van der Waals surface area (Å²) < 4.78 is 6.54. The van der Waals surface area contributed by atoms with E-state index in [-0.39, 0.29) is 29.8 Å². The molecule has 1 amide bonds. The van der Waals surface area contributed by atoms with Gasteiger partial charge in [-0.2, -0.15) is 0 Å². The second kappa shape index (κ2) is 9.91. The molecule has 1 unspecified atom stereocenters. The number of benzene rings is 1. The normalized spacial score (nSPS) is 22.7. The Morgan fingerprint density at radius 3 is 2.80 bits per heavy atom. The zero-order valence-electron chi connectivity index (χ0n) is 14.6. The Bertz CT molecular complexity index is 558. The van der Waals surface area contributed by atoms with Crippen LogP contribution in [0.1, 0.15) is 44.1 Å². The van der Waals surface area contributed by atoms with Gasteiger partial charge in [0.1, 0.15) is 0 Å². The van der Waals surface area contributed by atoms with Crippen molar-refractivity contribution >= 4 is 34.2 Å². The molecular weight excluding hydrogens is 404 g/mol. The van der Waals surface area contributed by atoms with E-state index in [1.807, 2.05) is 0 Å². The van der Waals surface area contributed by atoms with Crippen LogP contribution in [0.4, 0.5) is 0 Å². The number of nitrogens with one attached hydrogen (secondary N) is 2. The van der Waals surface area contributed by atoms with Crippen molar-refractivity contribution in [3.05, 3.63) is 34.3 Å². The first kappa shape index (κ1) is 20.7. The van der Waals surface area contributed by atoms with Crippen LogP contribution in [-0.4, -0.2) is 38.3 Å². The van der Waals surface area contributed by atoms with Crippen LogP contribution in [0.15, 0.2) is 28.7 Å². The molecule has 0 bridgehead atoms. The van der Waals surface area contributed by atoms with Crippen LogP contribution in [0.2, 0.25) is 0 Å². The van der Waals surface area contributed by atoms with Crippen LogP contribution < -0.4 is 10.6 Å². The maximum Gasteiger partial charge on any atom is 0.221 e. The van der Waals surface area contributed by atoms with Crippen LogP contribution in [0.25, 0.3) is 0 Å². The molecule has 1 aromatic rings. The highest BCUT2D eigenvalue weighted by atomic mass is 79.9. The Balaban J connectivity index is 0.00000225. The summed E-state index contributed by atoms with van der Waals surface area (Å²) in [5.74, 6) is 0.123. The first-order valence-electron chi connectivity index (χ1n) is 9.02. The Labute approximate surface area is 165 Å². The smallest absolute Gasteiger partial charge is 0.221 e. The number of halogens is 2. The largest absolute Gasteiger partial charge is 0.378 e. The Kier molecular flexibility index (Phi) is 8.20. The molecule has 2 aliphatic rings. The van der Waals surface area contributed by atoms with E-state index >= 15 is 0 Å². The van der Waals surface area contributed by atoms with Crippen molar-refractivity contribution in [2.24, 2.45) is 0 Å². The molecule has 1 saturated heterocycles. The van der Waals surface area contributed by atoms with E-state index in [1.54, 1.807) is 0 Å². The van der Waals surface area contributed by atoms with Gasteiger partial charge in [-0.25, -0.2) is 0 Å². The molecule has 0 aromatic heterocycles. The summed E-state index contributed by atoms with van der Waals surface area (Å²) >= 11 is 3.59. The van der Waals surface area contributed by atoms with Gasteiger partial charge in [0.15, 0.2) is 0 Å². The summed E-state index contributed by atoms with van der Waals surface area (Å²) in [5.41, 5.74) is 1.42. The lowest BCUT2D eigenvalue weighted by Crippen LogP contribution is -2.47. The van der Waals surface area contributed by atoms with Gasteiger partial charge in [0, 0.05) is 35.4 Å². The Morgan fingerprint density at radius 2 is 2.12 bits per heavy atom. The molecular formula is C19H28BrClN2O2. The molecule has 6 heteroatoms. The van der Waals surface area contributed by atoms with Gasteiger partial charge in [0.05, 0.1) is 13.2 Å².